The number of benzene rings is 4. The van der Waals surface area contributed by atoms with Gasteiger partial charge in [0, 0.05) is 48.5 Å². The Bertz CT molecular complexity index is 1790. The van der Waals surface area contributed by atoms with Gasteiger partial charge in [-0.05, 0) is 73.3 Å². The number of amides is 2. The Kier molecular flexibility index (Phi) is 8.74. The lowest BCUT2D eigenvalue weighted by atomic mass is 9.74. The van der Waals surface area contributed by atoms with E-state index in [0.717, 1.165) is 42.7 Å². The van der Waals surface area contributed by atoms with Crippen molar-refractivity contribution in [2.75, 3.05) is 39.8 Å². The van der Waals surface area contributed by atoms with E-state index in [9.17, 15) is 18.4 Å². The summed E-state index contributed by atoms with van der Waals surface area (Å²) in [7, 11) is 1.73. The van der Waals surface area contributed by atoms with Crippen LogP contribution in [0.25, 0.3) is 10.8 Å². The fourth-order valence-electron chi connectivity index (χ4n) is 7.54. The number of rotatable bonds is 7. The van der Waals surface area contributed by atoms with Crippen LogP contribution in [0.3, 0.4) is 0 Å². The summed E-state index contributed by atoms with van der Waals surface area (Å²) >= 11 is 12.7. The summed E-state index contributed by atoms with van der Waals surface area (Å²) in [5, 5.41) is 5.19. The lowest BCUT2D eigenvalue weighted by molar-refractivity contribution is -0.128. The lowest BCUT2D eigenvalue weighted by Gasteiger charge is -2.37. The van der Waals surface area contributed by atoms with Crippen LogP contribution < -0.4 is 9.80 Å². The van der Waals surface area contributed by atoms with E-state index in [2.05, 4.69) is 5.32 Å². The number of nitrogens with one attached hydrogen (secondary N) is 1. The summed E-state index contributed by atoms with van der Waals surface area (Å²) in [6.45, 7) is 4.61. The number of hydrogen-bond acceptors (Lipinski definition) is 3. The van der Waals surface area contributed by atoms with Crippen molar-refractivity contribution in [2.45, 2.75) is 37.5 Å². The van der Waals surface area contributed by atoms with Gasteiger partial charge in [-0.2, -0.15) is 0 Å². The molecule has 0 saturated carbocycles. The second-order valence-electron chi connectivity index (χ2n) is 12.5. The van der Waals surface area contributed by atoms with Gasteiger partial charge < -0.3 is 10.2 Å². The van der Waals surface area contributed by atoms with Crippen LogP contribution in [0.15, 0.2) is 72.8 Å². The number of piperidine rings is 1. The molecule has 45 heavy (non-hydrogen) atoms. The van der Waals surface area contributed by atoms with Crippen molar-refractivity contribution in [2.24, 2.45) is 0 Å². The van der Waals surface area contributed by atoms with Gasteiger partial charge >= 0.3 is 5.91 Å². The van der Waals surface area contributed by atoms with Crippen molar-refractivity contribution in [1.29, 1.82) is 0 Å². The molecule has 1 spiro atoms. The number of quaternary nitrogens is 1. The molecule has 2 amide bonds. The first-order valence-electron chi connectivity index (χ1n) is 15.3. The Morgan fingerprint density at radius 3 is 2.40 bits per heavy atom. The first-order chi connectivity index (χ1) is 21.5. The van der Waals surface area contributed by atoms with Crippen LogP contribution in [-0.2, 0) is 10.2 Å². The summed E-state index contributed by atoms with van der Waals surface area (Å²) in [5.74, 6) is -1.11. The summed E-state index contributed by atoms with van der Waals surface area (Å²) in [6, 6.07) is 20.1. The lowest BCUT2D eigenvalue weighted by Crippen LogP contribution is -2.57. The highest BCUT2D eigenvalue weighted by Crippen LogP contribution is 2.51. The van der Waals surface area contributed by atoms with E-state index in [1.807, 2.05) is 12.1 Å². The molecule has 1 fully saturated rings. The molecule has 1 N–H and O–H groups in total. The van der Waals surface area contributed by atoms with E-state index >= 15 is 0 Å². The zero-order valence-electron chi connectivity index (χ0n) is 25.4. The van der Waals surface area contributed by atoms with Gasteiger partial charge in [-0.1, -0.05) is 53.5 Å². The van der Waals surface area contributed by atoms with Crippen LogP contribution in [0.5, 0.6) is 0 Å². The molecule has 2 heterocycles. The van der Waals surface area contributed by atoms with Crippen LogP contribution in [0.4, 0.5) is 14.5 Å². The molecule has 0 aromatic heterocycles. The summed E-state index contributed by atoms with van der Waals surface area (Å²) in [6.07, 6.45) is 2.20. The molecule has 0 bridgehead atoms. The van der Waals surface area contributed by atoms with Crippen molar-refractivity contribution in [1.82, 2.24) is 14.7 Å². The van der Waals surface area contributed by atoms with Crippen LogP contribution in [0, 0.1) is 11.6 Å². The molecule has 4 aromatic carbocycles. The Balaban J connectivity index is 1.34. The van der Waals surface area contributed by atoms with Gasteiger partial charge in [-0.15, -0.1) is 0 Å². The predicted molar refractivity (Wildman–Crippen MR) is 177 cm³/mol. The number of fused-ring (bicyclic) bond motifs is 3. The first kappa shape index (κ1) is 31.6. The molecule has 1 unspecified atom stereocenters. The van der Waals surface area contributed by atoms with Crippen LogP contribution >= 0.6 is 23.2 Å². The molecule has 2 aliphatic heterocycles. The summed E-state index contributed by atoms with van der Waals surface area (Å²) in [5.41, 5.74) is 2.81. The van der Waals surface area contributed by atoms with Gasteiger partial charge in [0.2, 0.25) is 0 Å². The van der Waals surface area contributed by atoms with Crippen molar-refractivity contribution >= 4 is 51.5 Å². The molecule has 1 saturated heterocycles. The van der Waals surface area contributed by atoms with Gasteiger partial charge in [0.1, 0.15) is 23.9 Å². The third kappa shape index (κ3) is 5.76. The second kappa shape index (κ2) is 12.4. The molecule has 5 nitrogen and oxygen atoms in total. The Morgan fingerprint density at radius 2 is 1.69 bits per heavy atom. The van der Waals surface area contributed by atoms with E-state index in [4.69, 9.17) is 23.2 Å². The molecule has 9 heteroatoms. The SMILES string of the molecule is CC(=O)[N+]1(CC[C@H](CN(C)C(=O)c2ccc(F)c3ccccc23)c2ccc(Cl)c(Cl)c2)CC2(CCNCC2)c2cc(F)ccc21. The molecule has 0 radical (unpaired) electrons. The second-order valence-corrected chi connectivity index (χ2v) is 13.4. The molecule has 2 aliphatic rings. The fraction of sp³-hybridized carbons (Fsp3) is 0.333. The quantitative estimate of drug-likeness (QED) is 0.207. The summed E-state index contributed by atoms with van der Waals surface area (Å²) in [4.78, 5) is 29.2. The maximum Gasteiger partial charge on any atom is 0.315 e. The highest BCUT2D eigenvalue weighted by molar-refractivity contribution is 6.42. The first-order valence-corrected chi connectivity index (χ1v) is 16.1. The molecular weight excluding hydrogens is 615 g/mol. The number of carbonyl (C=O) groups is 2. The van der Waals surface area contributed by atoms with Crippen molar-refractivity contribution in [3.63, 3.8) is 0 Å². The highest BCUT2D eigenvalue weighted by atomic mass is 35.5. The highest BCUT2D eigenvalue weighted by Gasteiger charge is 2.56. The Hall–Kier alpha value is -3.36. The molecule has 6 rings (SSSR count). The average molecular weight is 652 g/mol. The minimum absolute atomic E-state index is 0.00775. The van der Waals surface area contributed by atoms with Crippen molar-refractivity contribution in [3.05, 3.63) is 111 Å². The Labute approximate surface area is 272 Å². The summed E-state index contributed by atoms with van der Waals surface area (Å²) < 4.78 is 29.3. The van der Waals surface area contributed by atoms with Gasteiger partial charge in [0.25, 0.3) is 5.91 Å². The predicted octanol–water partition coefficient (Wildman–Crippen LogP) is 7.86. The molecular formula is C36H36Cl2F2N3O2+. The minimum atomic E-state index is -0.381. The van der Waals surface area contributed by atoms with Crippen molar-refractivity contribution < 1.29 is 18.4 Å². The third-order valence-corrected chi connectivity index (χ3v) is 10.7. The van der Waals surface area contributed by atoms with Crippen LogP contribution in [-0.4, -0.2) is 56.5 Å². The van der Waals surface area contributed by atoms with Crippen LogP contribution in [0.1, 0.15) is 53.6 Å². The largest absolute Gasteiger partial charge is 0.341 e. The molecule has 4 aromatic rings. The normalized spacial score (nSPS) is 19.4. The van der Waals surface area contributed by atoms with Crippen LogP contribution in [0.2, 0.25) is 10.0 Å². The van der Waals surface area contributed by atoms with E-state index in [-0.39, 0.29) is 39.3 Å². The number of carbonyl (C=O) groups excluding carboxylic acids is 2. The minimum Gasteiger partial charge on any atom is -0.341 e. The van der Waals surface area contributed by atoms with Gasteiger partial charge in [0.15, 0.2) is 0 Å². The third-order valence-electron chi connectivity index (χ3n) is 9.94. The van der Waals surface area contributed by atoms with E-state index in [1.165, 1.54) is 18.2 Å². The van der Waals surface area contributed by atoms with E-state index < -0.39 is 0 Å². The monoisotopic (exact) mass is 650 g/mol. The Morgan fingerprint density at radius 1 is 0.956 bits per heavy atom. The number of nitrogens with zero attached hydrogens (tertiary/aromatic N) is 2. The fourth-order valence-corrected chi connectivity index (χ4v) is 7.84. The number of likely N-dealkylation sites (N-methyl/N-ethyl adjacent to an activating group) is 1. The zero-order valence-corrected chi connectivity index (χ0v) is 26.9. The average Bonchev–Trinajstić information content (AvgIpc) is 3.29. The smallest absolute Gasteiger partial charge is 0.315 e. The zero-order chi connectivity index (χ0) is 31.9. The molecule has 0 aliphatic carbocycles. The van der Waals surface area contributed by atoms with E-state index in [1.54, 1.807) is 61.3 Å². The van der Waals surface area contributed by atoms with E-state index in [0.29, 0.717) is 52.4 Å². The number of halogens is 4. The van der Waals surface area contributed by atoms with Gasteiger partial charge in [-0.3, -0.25) is 4.79 Å². The molecule has 234 valence electrons. The van der Waals surface area contributed by atoms with Gasteiger partial charge in [-0.25, -0.2) is 18.1 Å². The maximum absolute atomic E-state index is 14.6. The number of hydrogen-bond donors (Lipinski definition) is 1. The topological polar surface area (TPSA) is 49.4 Å². The molecule has 2 atom stereocenters. The maximum atomic E-state index is 14.6. The van der Waals surface area contributed by atoms with Gasteiger partial charge in [0.05, 0.1) is 28.9 Å². The standard InChI is InChI=1S/C36H36Cl2F2N3O2/c1-23(44)43(22-36(14-16-41-17-15-36)30-20-26(39)8-12-34(30)43)18-13-25(24-7-10-31(37)32(38)19-24)21-42(2)35(45)29-9-11-33(40)28-6-4-3-5-27(28)29/h3-12,19-20,25,41H,13-18,21-22H2,1-2H3/q+1/t25-,43?/m1/s1. The van der Waals surface area contributed by atoms with Crippen molar-refractivity contribution in [3.8, 4) is 0 Å².